The van der Waals surface area contributed by atoms with Crippen LogP contribution < -0.4 is 9.67 Å². The van der Waals surface area contributed by atoms with Gasteiger partial charge in [-0.1, -0.05) is 13.0 Å². The summed E-state index contributed by atoms with van der Waals surface area (Å²) >= 11 is 0. The van der Waals surface area contributed by atoms with Crippen molar-refractivity contribution in [2.75, 3.05) is 13.2 Å². The third-order valence-corrected chi connectivity index (χ3v) is 1.91. The van der Waals surface area contributed by atoms with E-state index in [1.807, 2.05) is 0 Å². The SMILES string of the molecule is CCOC(=O)/C(=C(\[O-])OCC)[n+]1ccccc1. The van der Waals surface area contributed by atoms with E-state index in [1.165, 1.54) is 4.57 Å². The van der Waals surface area contributed by atoms with E-state index in [2.05, 4.69) is 0 Å². The minimum atomic E-state index is -0.692. The molecule has 0 radical (unpaired) electrons. The molecule has 0 aliphatic carbocycles. The van der Waals surface area contributed by atoms with Crippen LogP contribution in [0.1, 0.15) is 13.8 Å². The van der Waals surface area contributed by atoms with Gasteiger partial charge < -0.3 is 14.6 Å². The summed E-state index contributed by atoms with van der Waals surface area (Å²) in [4.78, 5) is 11.7. The highest BCUT2D eigenvalue weighted by Crippen LogP contribution is 2.03. The van der Waals surface area contributed by atoms with Crippen LogP contribution in [0.2, 0.25) is 0 Å². The number of esters is 1. The second kappa shape index (κ2) is 6.52. The molecule has 0 aliphatic rings. The monoisotopic (exact) mass is 237 g/mol. The summed E-state index contributed by atoms with van der Waals surface area (Å²) in [6.07, 6.45) is 3.17. The van der Waals surface area contributed by atoms with Crippen LogP contribution >= 0.6 is 0 Å². The highest BCUT2D eigenvalue weighted by molar-refractivity contribution is 6.06. The van der Waals surface area contributed by atoms with Crippen LogP contribution in [-0.2, 0) is 14.3 Å². The molecule has 17 heavy (non-hydrogen) atoms. The molecule has 1 aromatic heterocycles. The van der Waals surface area contributed by atoms with E-state index < -0.39 is 11.9 Å². The molecule has 5 nitrogen and oxygen atoms in total. The molecule has 92 valence electrons. The van der Waals surface area contributed by atoms with Crippen LogP contribution in [0.25, 0.3) is 5.70 Å². The van der Waals surface area contributed by atoms with Crippen molar-refractivity contribution in [3.63, 3.8) is 0 Å². The van der Waals surface area contributed by atoms with E-state index in [9.17, 15) is 9.90 Å². The van der Waals surface area contributed by atoms with Crippen molar-refractivity contribution in [3.05, 3.63) is 36.5 Å². The van der Waals surface area contributed by atoms with Gasteiger partial charge in [-0.05, 0) is 13.5 Å². The Morgan fingerprint density at radius 1 is 1.12 bits per heavy atom. The maximum Gasteiger partial charge on any atom is 0.406 e. The molecule has 0 spiro atoms. The maximum absolute atomic E-state index is 11.7. The average molecular weight is 237 g/mol. The van der Waals surface area contributed by atoms with Gasteiger partial charge in [0.1, 0.15) is 5.95 Å². The zero-order valence-corrected chi connectivity index (χ0v) is 9.88. The Morgan fingerprint density at radius 3 is 2.24 bits per heavy atom. The van der Waals surface area contributed by atoms with Gasteiger partial charge in [0.15, 0.2) is 12.4 Å². The fourth-order valence-electron chi connectivity index (χ4n) is 1.24. The summed E-state index contributed by atoms with van der Waals surface area (Å²) in [5, 5.41) is 11.7. The molecule has 0 atom stereocenters. The molecule has 1 aromatic rings. The van der Waals surface area contributed by atoms with Crippen molar-refractivity contribution in [2.45, 2.75) is 13.8 Å². The van der Waals surface area contributed by atoms with Gasteiger partial charge in [0.2, 0.25) is 0 Å². The Labute approximate surface area is 99.9 Å². The fourth-order valence-corrected chi connectivity index (χ4v) is 1.24. The molecule has 0 fully saturated rings. The Morgan fingerprint density at radius 2 is 1.71 bits per heavy atom. The zero-order valence-electron chi connectivity index (χ0n) is 9.88. The number of rotatable bonds is 5. The van der Waals surface area contributed by atoms with Crippen molar-refractivity contribution in [1.29, 1.82) is 0 Å². The average Bonchev–Trinajstić information content (AvgIpc) is 2.31. The van der Waals surface area contributed by atoms with Crippen LogP contribution in [0, 0.1) is 0 Å². The van der Waals surface area contributed by atoms with Gasteiger partial charge in [-0.15, -0.1) is 0 Å². The van der Waals surface area contributed by atoms with E-state index >= 15 is 0 Å². The molecule has 1 heterocycles. The van der Waals surface area contributed by atoms with Gasteiger partial charge >= 0.3 is 11.7 Å². The summed E-state index contributed by atoms with van der Waals surface area (Å²) in [5.74, 6) is -1.38. The van der Waals surface area contributed by atoms with E-state index in [0.29, 0.717) is 0 Å². The van der Waals surface area contributed by atoms with Gasteiger partial charge in [0.25, 0.3) is 0 Å². The normalized spacial score (nSPS) is 11.6. The lowest BCUT2D eigenvalue weighted by molar-refractivity contribution is -0.586. The summed E-state index contributed by atoms with van der Waals surface area (Å²) in [6, 6.07) is 5.20. The number of nitrogens with zero attached hydrogens (tertiary/aromatic N) is 1. The van der Waals surface area contributed by atoms with Crippen LogP contribution in [0.5, 0.6) is 0 Å². The van der Waals surface area contributed by atoms with Gasteiger partial charge in [0, 0.05) is 12.1 Å². The third kappa shape index (κ3) is 3.48. The molecule has 0 amide bonds. The molecule has 0 saturated carbocycles. The number of hydrogen-bond donors (Lipinski definition) is 0. The molecule has 0 bridgehead atoms. The van der Waals surface area contributed by atoms with E-state index in [1.54, 1.807) is 44.4 Å². The predicted octanol–water partition coefficient (Wildman–Crippen LogP) is 0.0601. The van der Waals surface area contributed by atoms with Crippen LogP contribution in [-0.4, -0.2) is 19.2 Å². The van der Waals surface area contributed by atoms with Crippen LogP contribution in [0.4, 0.5) is 0 Å². The van der Waals surface area contributed by atoms with Gasteiger partial charge in [0.05, 0.1) is 6.61 Å². The van der Waals surface area contributed by atoms with Crippen LogP contribution in [0.15, 0.2) is 36.5 Å². The molecule has 0 aromatic carbocycles. The first-order valence-electron chi connectivity index (χ1n) is 5.38. The highest BCUT2D eigenvalue weighted by atomic mass is 16.6. The molecular weight excluding hydrogens is 222 g/mol. The minimum Gasteiger partial charge on any atom is -0.609 e. The molecule has 0 unspecified atom stereocenters. The Kier molecular flexibility index (Phi) is 5.00. The predicted molar refractivity (Wildman–Crippen MR) is 58.1 cm³/mol. The van der Waals surface area contributed by atoms with Crippen LogP contribution in [0.3, 0.4) is 0 Å². The van der Waals surface area contributed by atoms with E-state index in [-0.39, 0.29) is 18.9 Å². The Balaban J connectivity index is 3.11. The third-order valence-electron chi connectivity index (χ3n) is 1.91. The topological polar surface area (TPSA) is 62.5 Å². The highest BCUT2D eigenvalue weighted by Gasteiger charge is 2.23. The summed E-state index contributed by atoms with van der Waals surface area (Å²) in [6.45, 7) is 3.76. The van der Waals surface area contributed by atoms with Gasteiger partial charge in [-0.25, -0.2) is 4.79 Å². The summed E-state index contributed by atoms with van der Waals surface area (Å²) in [7, 11) is 0. The van der Waals surface area contributed by atoms with Crippen molar-refractivity contribution >= 4 is 11.7 Å². The quantitative estimate of drug-likeness (QED) is 0.314. The second-order valence-corrected chi connectivity index (χ2v) is 3.07. The summed E-state index contributed by atoms with van der Waals surface area (Å²) in [5.41, 5.74) is -0.144. The van der Waals surface area contributed by atoms with Crippen molar-refractivity contribution in [2.24, 2.45) is 0 Å². The number of hydrogen-bond acceptors (Lipinski definition) is 4. The Hall–Kier alpha value is -2.04. The van der Waals surface area contributed by atoms with Gasteiger partial charge in [-0.3, -0.25) is 0 Å². The second-order valence-electron chi connectivity index (χ2n) is 3.07. The fraction of sp³-hybridized carbons (Fsp3) is 0.333. The molecule has 0 aliphatic heterocycles. The van der Waals surface area contributed by atoms with Crippen molar-refractivity contribution in [3.8, 4) is 0 Å². The van der Waals surface area contributed by atoms with Gasteiger partial charge in [-0.2, -0.15) is 4.57 Å². The molecular formula is C12H15NO4. The summed E-state index contributed by atoms with van der Waals surface area (Å²) < 4.78 is 11.0. The lowest BCUT2D eigenvalue weighted by Gasteiger charge is -2.13. The zero-order chi connectivity index (χ0) is 12.7. The largest absolute Gasteiger partial charge is 0.609 e. The smallest absolute Gasteiger partial charge is 0.406 e. The lowest BCUT2D eigenvalue weighted by atomic mass is 10.4. The first kappa shape index (κ1) is 13.0. The maximum atomic E-state index is 11.7. The number of pyridine rings is 1. The van der Waals surface area contributed by atoms with Crippen molar-refractivity contribution < 1.29 is 23.9 Å². The van der Waals surface area contributed by atoms with E-state index in [4.69, 9.17) is 9.47 Å². The van der Waals surface area contributed by atoms with Crippen molar-refractivity contribution in [1.82, 2.24) is 0 Å². The number of ether oxygens (including phenoxy) is 2. The molecule has 0 N–H and O–H groups in total. The Bertz CT molecular complexity index is 400. The molecule has 0 saturated heterocycles. The number of aromatic nitrogens is 1. The first-order valence-corrected chi connectivity index (χ1v) is 5.38. The minimum absolute atomic E-state index is 0.144. The number of carbonyl (C=O) groups excluding carboxylic acids is 1. The molecule has 5 heteroatoms. The lowest BCUT2D eigenvalue weighted by Crippen LogP contribution is -2.39. The standard InChI is InChI=1S/C12H15NO4/c1-3-16-11(14)10(12(15)17-4-2)13-8-6-5-7-9-13/h5-9H,3-4H2,1-2H3. The molecule has 1 rings (SSSR count). The number of carbonyl (C=O) groups is 1. The van der Waals surface area contributed by atoms with E-state index in [0.717, 1.165) is 0 Å². The first-order chi connectivity index (χ1) is 8.20.